The van der Waals surface area contributed by atoms with Gasteiger partial charge in [-0.15, -0.1) is 0 Å². The van der Waals surface area contributed by atoms with E-state index < -0.39 is 0 Å². The summed E-state index contributed by atoms with van der Waals surface area (Å²) in [5.74, 6) is 0. The minimum Gasteiger partial charge on any atom is -0.286 e. The number of unbranched alkanes of at least 4 members (excludes halogenated alkanes) is 12. The summed E-state index contributed by atoms with van der Waals surface area (Å²) in [7, 11) is 0. The van der Waals surface area contributed by atoms with Gasteiger partial charge in [0.1, 0.15) is 0 Å². The van der Waals surface area contributed by atoms with Crippen LogP contribution in [0.25, 0.3) is 0 Å². The Morgan fingerprint density at radius 1 is 0.722 bits per heavy atom. The van der Waals surface area contributed by atoms with Crippen molar-refractivity contribution < 1.29 is 4.79 Å². The van der Waals surface area contributed by atoms with Crippen molar-refractivity contribution in [2.75, 3.05) is 0 Å². The van der Waals surface area contributed by atoms with Gasteiger partial charge in [-0.2, -0.15) is 0 Å². The van der Waals surface area contributed by atoms with Crippen LogP contribution < -0.4 is 0 Å². The van der Waals surface area contributed by atoms with Crippen molar-refractivity contribution in [3.05, 3.63) is 12.2 Å². The SMILES string of the molecule is CCCCCCCCCCCCCCC=C[C]=O. The lowest BCUT2D eigenvalue weighted by Crippen LogP contribution is -1.82. The third-order valence-corrected chi connectivity index (χ3v) is 3.41. The molecule has 0 aromatic carbocycles. The molecule has 105 valence electrons. The molecule has 0 bridgehead atoms. The lowest BCUT2D eigenvalue weighted by atomic mass is 10.0. The van der Waals surface area contributed by atoms with Gasteiger partial charge in [0.05, 0.1) is 0 Å². The van der Waals surface area contributed by atoms with Crippen LogP contribution in [-0.4, -0.2) is 6.29 Å². The van der Waals surface area contributed by atoms with Crippen LogP contribution in [0.4, 0.5) is 0 Å². The molecule has 0 atom stereocenters. The predicted octanol–water partition coefficient (Wildman–Crippen LogP) is 5.74. The molecular weight excluding hydrogens is 220 g/mol. The molecule has 0 fully saturated rings. The van der Waals surface area contributed by atoms with E-state index >= 15 is 0 Å². The fourth-order valence-corrected chi connectivity index (χ4v) is 2.23. The molecule has 0 saturated heterocycles. The average Bonchev–Trinajstić information content (AvgIpc) is 2.39. The first-order chi connectivity index (χ1) is 8.91. The van der Waals surface area contributed by atoms with Gasteiger partial charge in [-0.25, -0.2) is 0 Å². The van der Waals surface area contributed by atoms with Crippen LogP contribution in [0.5, 0.6) is 0 Å². The molecule has 0 aromatic rings. The Morgan fingerprint density at radius 3 is 1.61 bits per heavy atom. The summed E-state index contributed by atoms with van der Waals surface area (Å²) >= 11 is 0. The molecule has 0 spiro atoms. The zero-order valence-corrected chi connectivity index (χ0v) is 12.3. The first-order valence-electron chi connectivity index (χ1n) is 7.94. The maximum absolute atomic E-state index is 9.91. The Labute approximate surface area is 114 Å². The first-order valence-corrected chi connectivity index (χ1v) is 7.94. The van der Waals surface area contributed by atoms with Crippen molar-refractivity contribution in [2.45, 2.75) is 90.4 Å². The summed E-state index contributed by atoms with van der Waals surface area (Å²) in [6.45, 7) is 2.27. The van der Waals surface area contributed by atoms with Crippen LogP contribution in [-0.2, 0) is 4.79 Å². The Balaban J connectivity index is 2.94. The number of rotatable bonds is 14. The highest BCUT2D eigenvalue weighted by Gasteiger charge is 1.92. The van der Waals surface area contributed by atoms with Crippen LogP contribution in [0.2, 0.25) is 0 Å². The van der Waals surface area contributed by atoms with Gasteiger partial charge >= 0.3 is 0 Å². The molecule has 0 aromatic heterocycles. The highest BCUT2D eigenvalue weighted by Crippen LogP contribution is 2.12. The van der Waals surface area contributed by atoms with E-state index in [2.05, 4.69) is 6.92 Å². The number of hydrogen-bond donors (Lipinski definition) is 0. The standard InChI is InChI=1S/C17H31O/c1-2-3-4-5-6-7-8-9-10-11-12-13-14-15-16-17-18/h15-16H,2-14H2,1H3. The Bertz CT molecular complexity index is 184. The van der Waals surface area contributed by atoms with Crippen molar-refractivity contribution in [1.29, 1.82) is 0 Å². The molecule has 0 aliphatic carbocycles. The number of carbonyl (C=O) groups excluding carboxylic acids is 1. The van der Waals surface area contributed by atoms with Crippen LogP contribution >= 0.6 is 0 Å². The minimum atomic E-state index is 1.03. The highest BCUT2D eigenvalue weighted by atomic mass is 16.1. The summed E-state index contributed by atoms with van der Waals surface area (Å²) in [5, 5.41) is 0. The van der Waals surface area contributed by atoms with Gasteiger partial charge < -0.3 is 0 Å². The molecule has 0 aliphatic rings. The topological polar surface area (TPSA) is 17.1 Å². The van der Waals surface area contributed by atoms with E-state index in [1.165, 1.54) is 83.1 Å². The monoisotopic (exact) mass is 251 g/mol. The van der Waals surface area contributed by atoms with Gasteiger partial charge in [0.15, 0.2) is 0 Å². The van der Waals surface area contributed by atoms with E-state index in [0.717, 1.165) is 6.42 Å². The maximum Gasteiger partial charge on any atom is 0.225 e. The lowest BCUT2D eigenvalue weighted by Gasteiger charge is -2.02. The van der Waals surface area contributed by atoms with E-state index in [1.807, 2.05) is 6.08 Å². The van der Waals surface area contributed by atoms with E-state index in [-0.39, 0.29) is 0 Å². The fourth-order valence-electron chi connectivity index (χ4n) is 2.23. The van der Waals surface area contributed by atoms with Gasteiger partial charge in [0.25, 0.3) is 0 Å². The van der Waals surface area contributed by atoms with Crippen LogP contribution in [0, 0.1) is 0 Å². The largest absolute Gasteiger partial charge is 0.286 e. The van der Waals surface area contributed by atoms with E-state index in [0.29, 0.717) is 0 Å². The molecule has 1 radical (unpaired) electrons. The van der Waals surface area contributed by atoms with Crippen LogP contribution in [0.1, 0.15) is 90.4 Å². The molecule has 0 aliphatic heterocycles. The Morgan fingerprint density at radius 2 is 1.17 bits per heavy atom. The number of allylic oxidation sites excluding steroid dienone is 2. The summed E-state index contributed by atoms with van der Waals surface area (Å²) in [5.41, 5.74) is 0. The molecule has 0 N–H and O–H groups in total. The lowest BCUT2D eigenvalue weighted by molar-refractivity contribution is 0.545. The second-order valence-corrected chi connectivity index (χ2v) is 5.20. The predicted molar refractivity (Wildman–Crippen MR) is 80.5 cm³/mol. The summed E-state index contributed by atoms with van der Waals surface area (Å²) in [6, 6.07) is 0. The molecule has 0 amide bonds. The van der Waals surface area contributed by atoms with Gasteiger partial charge in [0.2, 0.25) is 6.29 Å². The quantitative estimate of drug-likeness (QED) is 0.284. The summed E-state index contributed by atoms with van der Waals surface area (Å²) in [4.78, 5) is 9.91. The van der Waals surface area contributed by atoms with Crippen molar-refractivity contribution in [2.24, 2.45) is 0 Å². The maximum atomic E-state index is 9.91. The summed E-state index contributed by atoms with van der Waals surface area (Å²) < 4.78 is 0. The third kappa shape index (κ3) is 15.4. The third-order valence-electron chi connectivity index (χ3n) is 3.41. The van der Waals surface area contributed by atoms with E-state index in [9.17, 15) is 4.79 Å². The molecule has 1 nitrogen and oxygen atoms in total. The second kappa shape index (κ2) is 16.4. The van der Waals surface area contributed by atoms with Crippen molar-refractivity contribution >= 4 is 6.29 Å². The molecule has 1 heteroatoms. The van der Waals surface area contributed by atoms with Gasteiger partial charge in [-0.3, -0.25) is 4.79 Å². The second-order valence-electron chi connectivity index (χ2n) is 5.20. The van der Waals surface area contributed by atoms with E-state index in [1.54, 1.807) is 6.29 Å². The fraction of sp³-hybridized carbons (Fsp3) is 0.824. The minimum absolute atomic E-state index is 1.03. The summed E-state index contributed by atoms with van der Waals surface area (Å²) in [6.07, 6.45) is 22.8. The van der Waals surface area contributed by atoms with Crippen LogP contribution in [0.15, 0.2) is 12.2 Å². The van der Waals surface area contributed by atoms with Gasteiger partial charge in [-0.05, 0) is 18.9 Å². The normalized spacial score (nSPS) is 11.2. The zero-order valence-electron chi connectivity index (χ0n) is 12.3. The first kappa shape index (κ1) is 17.4. The Hall–Kier alpha value is -0.590. The molecule has 0 unspecified atom stereocenters. The smallest absolute Gasteiger partial charge is 0.225 e. The molecule has 0 heterocycles. The molecule has 0 saturated carbocycles. The molecule has 0 rings (SSSR count). The molecular formula is C17H31O. The van der Waals surface area contributed by atoms with Crippen molar-refractivity contribution in [3.63, 3.8) is 0 Å². The Kier molecular flexibility index (Phi) is 15.9. The van der Waals surface area contributed by atoms with Crippen LogP contribution in [0.3, 0.4) is 0 Å². The number of hydrogen-bond acceptors (Lipinski definition) is 1. The average molecular weight is 251 g/mol. The van der Waals surface area contributed by atoms with Crippen molar-refractivity contribution in [3.8, 4) is 0 Å². The molecule has 18 heavy (non-hydrogen) atoms. The van der Waals surface area contributed by atoms with E-state index in [4.69, 9.17) is 0 Å². The highest BCUT2D eigenvalue weighted by molar-refractivity contribution is 5.65. The zero-order chi connectivity index (χ0) is 13.3. The van der Waals surface area contributed by atoms with Crippen molar-refractivity contribution in [1.82, 2.24) is 0 Å². The van der Waals surface area contributed by atoms with Gasteiger partial charge in [-0.1, -0.05) is 83.6 Å². The van der Waals surface area contributed by atoms with Gasteiger partial charge in [0, 0.05) is 0 Å².